The first-order chi connectivity index (χ1) is 12.7. The Bertz CT molecular complexity index is 871. The van der Waals surface area contributed by atoms with Gasteiger partial charge in [0.15, 0.2) is 5.76 Å². The minimum Gasteiger partial charge on any atom is -0.481 e. The normalized spacial score (nSPS) is 19.5. The number of amides is 2. The van der Waals surface area contributed by atoms with Crippen molar-refractivity contribution in [2.75, 3.05) is 18.4 Å². The largest absolute Gasteiger partial charge is 0.481 e. The maximum absolute atomic E-state index is 12.9. The second-order valence-electron chi connectivity index (χ2n) is 7.15. The Morgan fingerprint density at radius 2 is 2.11 bits per heavy atom. The van der Waals surface area contributed by atoms with E-state index in [1.54, 1.807) is 30.0 Å². The van der Waals surface area contributed by atoms with Crippen LogP contribution in [0.15, 0.2) is 28.9 Å². The fourth-order valence-corrected chi connectivity index (χ4v) is 4.42. The van der Waals surface area contributed by atoms with Crippen LogP contribution in [0, 0.1) is 18.3 Å². The van der Waals surface area contributed by atoms with Crippen molar-refractivity contribution < 1.29 is 23.9 Å². The number of rotatable bonds is 5. The van der Waals surface area contributed by atoms with Crippen LogP contribution in [0.2, 0.25) is 0 Å². The maximum atomic E-state index is 12.9. The molecule has 0 bridgehead atoms. The summed E-state index contributed by atoms with van der Waals surface area (Å²) in [5, 5.41) is 12.9. The van der Waals surface area contributed by atoms with Gasteiger partial charge in [-0.15, -0.1) is 11.3 Å². The highest BCUT2D eigenvalue weighted by atomic mass is 32.1. The number of nitrogens with one attached hydrogen (secondary N) is 1. The molecule has 0 aliphatic carbocycles. The van der Waals surface area contributed by atoms with Gasteiger partial charge in [0.1, 0.15) is 0 Å². The molecule has 2 amide bonds. The van der Waals surface area contributed by atoms with Gasteiger partial charge in [0.05, 0.1) is 21.6 Å². The molecule has 1 atom stereocenters. The molecule has 1 aliphatic rings. The number of furan rings is 1. The predicted molar refractivity (Wildman–Crippen MR) is 101 cm³/mol. The zero-order valence-electron chi connectivity index (χ0n) is 15.4. The summed E-state index contributed by atoms with van der Waals surface area (Å²) in [4.78, 5) is 38.9. The number of nitrogens with zero attached hydrogens (tertiary/aromatic N) is 1. The molecule has 2 aromatic rings. The van der Waals surface area contributed by atoms with Gasteiger partial charge in [-0.1, -0.05) is 13.8 Å². The third-order valence-electron chi connectivity index (χ3n) is 5.21. The van der Waals surface area contributed by atoms with Crippen molar-refractivity contribution in [2.24, 2.45) is 11.3 Å². The van der Waals surface area contributed by atoms with Crippen molar-refractivity contribution in [3.8, 4) is 0 Å². The van der Waals surface area contributed by atoms with Crippen molar-refractivity contribution in [1.29, 1.82) is 0 Å². The standard InChI is InChI=1S/C19H22N2O5S/c1-11(2)19(18(24)25)6-7-21(10-19)17(23)15-12(3)9-14(27-15)20-16(22)13-5-4-8-26-13/h4-5,8-9,11H,6-7,10H2,1-3H3,(H,20,22)(H,24,25). The van der Waals surface area contributed by atoms with Crippen LogP contribution in [-0.2, 0) is 4.79 Å². The van der Waals surface area contributed by atoms with E-state index >= 15 is 0 Å². The average molecular weight is 390 g/mol. The van der Waals surface area contributed by atoms with Crippen LogP contribution in [0.25, 0.3) is 0 Å². The molecule has 0 aromatic carbocycles. The first-order valence-electron chi connectivity index (χ1n) is 8.72. The van der Waals surface area contributed by atoms with Gasteiger partial charge in [0.25, 0.3) is 11.8 Å². The molecule has 8 heteroatoms. The molecular formula is C19H22N2O5S. The van der Waals surface area contributed by atoms with Crippen LogP contribution in [-0.4, -0.2) is 40.9 Å². The molecule has 2 aromatic heterocycles. The summed E-state index contributed by atoms with van der Waals surface area (Å²) in [6, 6.07) is 4.92. The zero-order chi connectivity index (χ0) is 19.8. The van der Waals surface area contributed by atoms with Gasteiger partial charge >= 0.3 is 5.97 Å². The molecule has 1 aliphatic heterocycles. The molecule has 2 N–H and O–H groups in total. The van der Waals surface area contributed by atoms with Crippen LogP contribution >= 0.6 is 11.3 Å². The summed E-state index contributed by atoms with van der Waals surface area (Å²) in [5.41, 5.74) is -0.158. The van der Waals surface area contributed by atoms with E-state index in [1.807, 2.05) is 13.8 Å². The van der Waals surface area contributed by atoms with Gasteiger partial charge < -0.3 is 19.7 Å². The van der Waals surface area contributed by atoms with Crippen LogP contribution in [0.1, 0.15) is 46.1 Å². The summed E-state index contributed by atoms with van der Waals surface area (Å²) in [6.07, 6.45) is 1.86. The molecular weight excluding hydrogens is 368 g/mol. The Kier molecular flexibility index (Phi) is 5.10. The Hall–Kier alpha value is -2.61. The third kappa shape index (κ3) is 3.49. The SMILES string of the molecule is Cc1cc(NC(=O)c2ccco2)sc1C(=O)N1CCC(C(=O)O)(C(C)C)C1. The van der Waals surface area contributed by atoms with E-state index in [2.05, 4.69) is 5.32 Å². The van der Waals surface area contributed by atoms with Crippen molar-refractivity contribution in [2.45, 2.75) is 27.2 Å². The monoisotopic (exact) mass is 390 g/mol. The van der Waals surface area contributed by atoms with E-state index in [0.29, 0.717) is 22.8 Å². The molecule has 7 nitrogen and oxygen atoms in total. The lowest BCUT2D eigenvalue weighted by molar-refractivity contribution is -0.150. The summed E-state index contributed by atoms with van der Waals surface area (Å²) in [6.45, 7) is 6.16. The second kappa shape index (κ2) is 7.19. The van der Waals surface area contributed by atoms with E-state index < -0.39 is 11.4 Å². The number of carbonyl (C=O) groups is 3. The molecule has 1 saturated heterocycles. The molecule has 144 valence electrons. The summed E-state index contributed by atoms with van der Waals surface area (Å²) < 4.78 is 5.06. The number of anilines is 1. The molecule has 0 spiro atoms. The molecule has 0 saturated carbocycles. The molecule has 27 heavy (non-hydrogen) atoms. The van der Waals surface area contributed by atoms with Crippen molar-refractivity contribution in [3.05, 3.63) is 40.7 Å². The van der Waals surface area contributed by atoms with Gasteiger partial charge in [0, 0.05) is 13.1 Å². The minimum absolute atomic E-state index is 0.0691. The highest BCUT2D eigenvalue weighted by Crippen LogP contribution is 2.39. The lowest BCUT2D eigenvalue weighted by Crippen LogP contribution is -2.40. The van der Waals surface area contributed by atoms with Crippen LogP contribution in [0.5, 0.6) is 0 Å². The topological polar surface area (TPSA) is 99.9 Å². The molecule has 1 unspecified atom stereocenters. The lowest BCUT2D eigenvalue weighted by Gasteiger charge is -2.28. The van der Waals surface area contributed by atoms with E-state index in [9.17, 15) is 19.5 Å². The predicted octanol–water partition coefficient (Wildman–Crippen LogP) is 3.47. The molecule has 3 rings (SSSR count). The molecule has 3 heterocycles. The number of carbonyl (C=O) groups excluding carboxylic acids is 2. The highest BCUT2D eigenvalue weighted by molar-refractivity contribution is 7.18. The van der Waals surface area contributed by atoms with Crippen LogP contribution < -0.4 is 5.32 Å². The Morgan fingerprint density at radius 1 is 1.37 bits per heavy atom. The first kappa shape index (κ1) is 19.2. The smallest absolute Gasteiger partial charge is 0.311 e. The number of hydrogen-bond donors (Lipinski definition) is 2. The van der Waals surface area contributed by atoms with Crippen LogP contribution in [0.3, 0.4) is 0 Å². The van der Waals surface area contributed by atoms with Gasteiger partial charge in [-0.05, 0) is 43.0 Å². The molecule has 1 fully saturated rings. The number of aryl methyl sites for hydroxylation is 1. The minimum atomic E-state index is -0.906. The van der Waals surface area contributed by atoms with Gasteiger partial charge in [-0.3, -0.25) is 14.4 Å². The molecule has 0 radical (unpaired) electrons. The van der Waals surface area contributed by atoms with Crippen molar-refractivity contribution in [1.82, 2.24) is 4.90 Å². The lowest BCUT2D eigenvalue weighted by atomic mass is 9.76. The average Bonchev–Trinajstić information content (AvgIpc) is 3.34. The van der Waals surface area contributed by atoms with E-state index in [1.165, 1.54) is 17.6 Å². The van der Waals surface area contributed by atoms with Crippen molar-refractivity contribution in [3.63, 3.8) is 0 Å². The maximum Gasteiger partial charge on any atom is 0.311 e. The van der Waals surface area contributed by atoms with E-state index in [0.717, 1.165) is 5.56 Å². The van der Waals surface area contributed by atoms with Gasteiger partial charge in [0.2, 0.25) is 0 Å². The number of hydrogen-bond acceptors (Lipinski definition) is 5. The highest BCUT2D eigenvalue weighted by Gasteiger charge is 2.48. The van der Waals surface area contributed by atoms with Crippen molar-refractivity contribution >= 4 is 34.1 Å². The first-order valence-corrected chi connectivity index (χ1v) is 9.54. The van der Waals surface area contributed by atoms with E-state index in [-0.39, 0.29) is 30.0 Å². The summed E-state index contributed by atoms with van der Waals surface area (Å²) in [7, 11) is 0. The Labute approximate surface area is 161 Å². The van der Waals surface area contributed by atoms with Gasteiger partial charge in [-0.2, -0.15) is 0 Å². The number of aliphatic carboxylic acids is 1. The fourth-order valence-electron chi connectivity index (χ4n) is 3.38. The number of carboxylic acid groups (broad SMARTS) is 1. The zero-order valence-corrected chi connectivity index (χ0v) is 16.3. The van der Waals surface area contributed by atoms with E-state index in [4.69, 9.17) is 4.42 Å². The number of carboxylic acids is 1. The fraction of sp³-hybridized carbons (Fsp3) is 0.421. The van der Waals surface area contributed by atoms with Gasteiger partial charge in [-0.25, -0.2) is 0 Å². The Balaban J connectivity index is 1.75. The van der Waals surface area contributed by atoms with Crippen LogP contribution in [0.4, 0.5) is 5.00 Å². The number of thiophene rings is 1. The number of likely N-dealkylation sites (tertiary alicyclic amines) is 1. The summed E-state index contributed by atoms with van der Waals surface area (Å²) >= 11 is 1.18. The quantitative estimate of drug-likeness (QED) is 0.814. The Morgan fingerprint density at radius 3 is 2.67 bits per heavy atom. The second-order valence-corrected chi connectivity index (χ2v) is 8.20. The summed E-state index contributed by atoms with van der Waals surface area (Å²) in [5.74, 6) is -1.31. The third-order valence-corrected chi connectivity index (χ3v) is 6.35.